The molecular weight excluding hydrogens is 458 g/mol. The topological polar surface area (TPSA) is 142 Å². The van der Waals surface area contributed by atoms with Crippen molar-refractivity contribution in [2.24, 2.45) is 0 Å². The van der Waals surface area contributed by atoms with Crippen LogP contribution in [-0.2, 0) is 14.4 Å². The van der Waals surface area contributed by atoms with Crippen molar-refractivity contribution in [3.05, 3.63) is 110 Å². The van der Waals surface area contributed by atoms with Crippen molar-refractivity contribution < 1.29 is 29.0 Å². The third kappa shape index (κ3) is 4.70. The number of hydrogen-bond donors (Lipinski definition) is 0. The van der Waals surface area contributed by atoms with Gasteiger partial charge in [0.15, 0.2) is 0 Å². The van der Waals surface area contributed by atoms with E-state index in [1.165, 1.54) is 42.3 Å². The van der Waals surface area contributed by atoms with Gasteiger partial charge in [-0.25, -0.2) is 14.7 Å². The van der Waals surface area contributed by atoms with Crippen LogP contribution in [0.4, 0.5) is 17.1 Å². The van der Waals surface area contributed by atoms with Crippen LogP contribution in [0.2, 0.25) is 0 Å². The van der Waals surface area contributed by atoms with E-state index < -0.39 is 33.4 Å². The van der Waals surface area contributed by atoms with E-state index in [1.54, 1.807) is 36.4 Å². The molecule has 35 heavy (non-hydrogen) atoms. The molecule has 0 spiro atoms. The van der Waals surface area contributed by atoms with Crippen molar-refractivity contribution in [3.8, 4) is 0 Å². The van der Waals surface area contributed by atoms with Crippen molar-refractivity contribution in [1.29, 1.82) is 0 Å². The Morgan fingerprint density at radius 2 is 1.60 bits per heavy atom. The molecule has 1 saturated heterocycles. The molecule has 1 fully saturated rings. The van der Waals surface area contributed by atoms with Crippen LogP contribution >= 0.6 is 0 Å². The molecule has 0 unspecified atom stereocenters. The first-order valence-corrected chi connectivity index (χ1v) is 10.5. The Balaban J connectivity index is 1.71. The fourth-order valence-electron chi connectivity index (χ4n) is 3.77. The Labute approximate surface area is 198 Å². The van der Waals surface area contributed by atoms with Crippen molar-refractivity contribution in [3.63, 3.8) is 0 Å². The number of hydrogen-bond acceptors (Lipinski definition) is 9. The molecule has 0 saturated carbocycles. The molecule has 3 aromatic carbocycles. The summed E-state index contributed by atoms with van der Waals surface area (Å²) in [5.74, 6) is -3.53. The first kappa shape index (κ1) is 23.5. The van der Waals surface area contributed by atoms with Crippen LogP contribution in [0.25, 0.3) is 0 Å². The number of hydroxylamine groups is 1. The zero-order valence-electron chi connectivity index (χ0n) is 18.4. The molecule has 0 N–H and O–H groups in total. The number of para-hydroxylation sites is 1. The standard InChI is InChI=1S/C24H19N3O8/c1-16(28)24(34-23(29)17-10-12-20(13-11-17)26(30)31)15-22(18-6-5-9-21(14-18)27(32)33)25(35-24)19-7-3-2-4-8-19/h2-14,22H,15H2,1H3/t22-,24-/m1/s1. The van der Waals surface area contributed by atoms with Gasteiger partial charge in [-0.2, -0.15) is 0 Å². The van der Waals surface area contributed by atoms with Crippen molar-refractivity contribution in [2.45, 2.75) is 25.2 Å². The molecule has 1 aliphatic rings. The van der Waals surface area contributed by atoms with E-state index in [2.05, 4.69) is 0 Å². The van der Waals surface area contributed by atoms with Crippen molar-refractivity contribution in [2.75, 3.05) is 5.06 Å². The molecule has 0 aromatic heterocycles. The smallest absolute Gasteiger partial charge is 0.341 e. The van der Waals surface area contributed by atoms with E-state index >= 15 is 0 Å². The highest BCUT2D eigenvalue weighted by Crippen LogP contribution is 2.45. The van der Waals surface area contributed by atoms with E-state index in [-0.39, 0.29) is 23.4 Å². The molecule has 1 heterocycles. The lowest BCUT2D eigenvalue weighted by Gasteiger charge is -2.27. The van der Waals surface area contributed by atoms with Gasteiger partial charge in [-0.3, -0.25) is 25.0 Å². The number of nitrogens with zero attached hydrogens (tertiary/aromatic N) is 3. The summed E-state index contributed by atoms with van der Waals surface area (Å²) in [6, 6.07) is 18.7. The highest BCUT2D eigenvalue weighted by Gasteiger charge is 2.54. The van der Waals surface area contributed by atoms with E-state index in [0.717, 1.165) is 12.1 Å². The zero-order chi connectivity index (χ0) is 25.2. The highest BCUT2D eigenvalue weighted by atomic mass is 16.8. The number of nitro groups is 2. The average molecular weight is 477 g/mol. The number of ether oxygens (including phenoxy) is 1. The number of carbonyl (C=O) groups excluding carboxylic acids is 2. The minimum Gasteiger partial charge on any atom is -0.419 e. The molecule has 2 atom stereocenters. The number of benzene rings is 3. The number of Topliss-reactive ketones (excluding diaryl/α,β-unsaturated/α-hetero) is 1. The summed E-state index contributed by atoms with van der Waals surface area (Å²) >= 11 is 0. The SMILES string of the molecule is CC(=O)[C@@]1(OC(=O)c2ccc([N+](=O)[O-])cc2)C[C@H](c2cccc([N+](=O)[O-])c2)N(c2ccccc2)O1. The minimum atomic E-state index is -2.02. The summed E-state index contributed by atoms with van der Waals surface area (Å²) < 4.78 is 5.57. The maximum absolute atomic E-state index is 12.9. The van der Waals surface area contributed by atoms with Crippen LogP contribution in [0, 0.1) is 20.2 Å². The highest BCUT2D eigenvalue weighted by molar-refractivity contribution is 5.94. The molecule has 3 aromatic rings. The number of nitro benzene ring substituents is 2. The number of anilines is 1. The van der Waals surface area contributed by atoms with Crippen LogP contribution in [0.15, 0.2) is 78.9 Å². The van der Waals surface area contributed by atoms with E-state index in [0.29, 0.717) is 11.3 Å². The van der Waals surface area contributed by atoms with Crippen LogP contribution in [-0.4, -0.2) is 27.4 Å². The number of rotatable bonds is 7. The predicted octanol–water partition coefficient (Wildman–Crippen LogP) is 4.53. The Bertz CT molecular complexity index is 1300. The minimum absolute atomic E-state index is 0.00937. The summed E-state index contributed by atoms with van der Waals surface area (Å²) in [6.07, 6.45) is -0.142. The normalized spacial score (nSPS) is 19.2. The second-order valence-electron chi connectivity index (χ2n) is 7.83. The van der Waals surface area contributed by atoms with Crippen LogP contribution < -0.4 is 5.06 Å². The lowest BCUT2D eigenvalue weighted by molar-refractivity contribution is -0.385. The number of esters is 1. The molecule has 0 amide bonds. The number of carbonyl (C=O) groups is 2. The summed E-state index contributed by atoms with van der Waals surface area (Å²) in [5.41, 5.74) is 0.667. The quantitative estimate of drug-likeness (QED) is 0.272. The molecule has 0 bridgehead atoms. The summed E-state index contributed by atoms with van der Waals surface area (Å²) in [4.78, 5) is 52.7. The van der Waals surface area contributed by atoms with E-state index in [1.807, 2.05) is 0 Å². The fraction of sp³-hybridized carbons (Fsp3) is 0.167. The molecular formula is C24H19N3O8. The van der Waals surface area contributed by atoms with Crippen LogP contribution in [0.1, 0.15) is 35.3 Å². The third-order valence-electron chi connectivity index (χ3n) is 5.58. The molecule has 11 heteroatoms. The lowest BCUT2D eigenvalue weighted by atomic mass is 9.97. The Morgan fingerprint density at radius 1 is 0.943 bits per heavy atom. The second kappa shape index (κ2) is 9.31. The van der Waals surface area contributed by atoms with Gasteiger partial charge in [-0.1, -0.05) is 30.3 Å². The molecule has 11 nitrogen and oxygen atoms in total. The summed E-state index contributed by atoms with van der Waals surface area (Å²) in [6.45, 7) is 1.21. The van der Waals surface area contributed by atoms with E-state index in [4.69, 9.17) is 9.57 Å². The Hall–Kier alpha value is -4.64. The largest absolute Gasteiger partial charge is 0.419 e. The molecule has 0 aliphatic carbocycles. The number of non-ortho nitro benzene ring substituents is 2. The Kier molecular flexibility index (Phi) is 6.26. The lowest BCUT2D eigenvalue weighted by Crippen LogP contribution is -2.43. The van der Waals surface area contributed by atoms with Gasteiger partial charge in [0.1, 0.15) is 0 Å². The summed E-state index contributed by atoms with van der Waals surface area (Å²) in [7, 11) is 0. The first-order chi connectivity index (χ1) is 16.7. The van der Waals surface area contributed by atoms with Crippen LogP contribution in [0.3, 0.4) is 0 Å². The van der Waals surface area contributed by atoms with Gasteiger partial charge in [0.2, 0.25) is 5.78 Å². The first-order valence-electron chi connectivity index (χ1n) is 10.5. The van der Waals surface area contributed by atoms with Gasteiger partial charge in [0.05, 0.1) is 33.6 Å². The zero-order valence-corrected chi connectivity index (χ0v) is 18.4. The molecule has 178 valence electrons. The van der Waals surface area contributed by atoms with Crippen LogP contribution in [0.5, 0.6) is 0 Å². The molecule has 4 rings (SSSR count). The second-order valence-corrected chi connectivity index (χ2v) is 7.83. The predicted molar refractivity (Wildman–Crippen MR) is 122 cm³/mol. The van der Waals surface area contributed by atoms with Gasteiger partial charge in [0, 0.05) is 31.2 Å². The van der Waals surface area contributed by atoms with Gasteiger partial charge >= 0.3 is 5.97 Å². The molecule has 1 aliphatic heterocycles. The van der Waals surface area contributed by atoms with Gasteiger partial charge in [-0.05, 0) is 29.8 Å². The summed E-state index contributed by atoms with van der Waals surface area (Å²) in [5, 5.41) is 23.6. The van der Waals surface area contributed by atoms with Gasteiger partial charge < -0.3 is 4.74 Å². The maximum atomic E-state index is 12.9. The fourth-order valence-corrected chi connectivity index (χ4v) is 3.77. The monoisotopic (exact) mass is 477 g/mol. The third-order valence-corrected chi connectivity index (χ3v) is 5.58. The van der Waals surface area contributed by atoms with Gasteiger partial charge in [-0.15, -0.1) is 0 Å². The number of ketones is 1. The van der Waals surface area contributed by atoms with E-state index in [9.17, 15) is 29.8 Å². The molecule has 0 radical (unpaired) electrons. The van der Waals surface area contributed by atoms with Crippen molar-refractivity contribution in [1.82, 2.24) is 0 Å². The van der Waals surface area contributed by atoms with Gasteiger partial charge in [0.25, 0.3) is 17.2 Å². The van der Waals surface area contributed by atoms with Crippen molar-refractivity contribution >= 4 is 28.8 Å². The Morgan fingerprint density at radius 3 is 2.20 bits per heavy atom. The average Bonchev–Trinajstić information content (AvgIpc) is 3.25. The maximum Gasteiger partial charge on any atom is 0.341 e.